The molecule has 0 atom stereocenters. The molecule has 0 bridgehead atoms. The first-order valence-electron chi connectivity index (χ1n) is 6.24. The third kappa shape index (κ3) is 3.56. The number of pyridine rings is 1. The highest BCUT2D eigenvalue weighted by molar-refractivity contribution is 6.05. The van der Waals surface area contributed by atoms with Gasteiger partial charge in [0.15, 0.2) is 0 Å². The van der Waals surface area contributed by atoms with Crippen LogP contribution in [0, 0.1) is 6.92 Å². The number of amides is 1. The van der Waals surface area contributed by atoms with Crippen LogP contribution in [0.25, 0.3) is 0 Å². The second kappa shape index (κ2) is 6.04. The number of aromatic nitrogens is 1. The summed E-state index contributed by atoms with van der Waals surface area (Å²) in [7, 11) is 0. The van der Waals surface area contributed by atoms with E-state index in [1.54, 1.807) is 31.2 Å². The van der Waals surface area contributed by atoms with Gasteiger partial charge in [-0.25, -0.2) is 0 Å². The predicted octanol–water partition coefficient (Wildman–Crippen LogP) is 1.98. The van der Waals surface area contributed by atoms with E-state index in [1.165, 1.54) is 12.3 Å². The number of rotatable bonds is 4. The maximum absolute atomic E-state index is 12.1. The topological polar surface area (TPSA) is 99.5 Å². The Bertz CT molecular complexity index is 681. The molecule has 2 rings (SSSR count). The van der Waals surface area contributed by atoms with Gasteiger partial charge in [-0.3, -0.25) is 14.6 Å². The summed E-state index contributed by atoms with van der Waals surface area (Å²) in [4.78, 5) is 26.6. The Morgan fingerprint density at radius 3 is 2.62 bits per heavy atom. The van der Waals surface area contributed by atoms with Crippen molar-refractivity contribution in [2.24, 2.45) is 0 Å². The molecule has 1 heterocycles. The summed E-state index contributed by atoms with van der Waals surface area (Å²) >= 11 is 0. The molecule has 21 heavy (non-hydrogen) atoms. The summed E-state index contributed by atoms with van der Waals surface area (Å²) in [6.07, 6.45) is 1.23. The van der Waals surface area contributed by atoms with Crippen LogP contribution in [0.4, 0.5) is 5.69 Å². The summed E-state index contributed by atoms with van der Waals surface area (Å²) < 4.78 is 0. The molecule has 1 amide bonds. The number of hydrogen-bond donors (Lipinski definition) is 3. The van der Waals surface area contributed by atoms with Gasteiger partial charge in [0.1, 0.15) is 5.75 Å². The van der Waals surface area contributed by atoms with Gasteiger partial charge in [-0.1, -0.05) is 6.07 Å². The number of hydrogen-bond acceptors (Lipinski definition) is 4. The molecule has 0 aliphatic heterocycles. The first-order chi connectivity index (χ1) is 9.97. The third-order valence-electron chi connectivity index (χ3n) is 2.96. The van der Waals surface area contributed by atoms with Crippen molar-refractivity contribution in [3.63, 3.8) is 0 Å². The molecule has 3 N–H and O–H groups in total. The van der Waals surface area contributed by atoms with Gasteiger partial charge >= 0.3 is 5.97 Å². The number of phenols is 1. The third-order valence-corrected chi connectivity index (χ3v) is 2.96. The van der Waals surface area contributed by atoms with E-state index in [0.717, 1.165) is 0 Å². The van der Waals surface area contributed by atoms with Gasteiger partial charge in [-0.05, 0) is 31.2 Å². The molecule has 0 radical (unpaired) electrons. The van der Waals surface area contributed by atoms with Gasteiger partial charge in [0.05, 0.1) is 24.0 Å². The molecule has 6 heteroatoms. The number of benzene rings is 1. The summed E-state index contributed by atoms with van der Waals surface area (Å²) in [6, 6.07) is 7.83. The van der Waals surface area contributed by atoms with Crippen molar-refractivity contribution in [2.75, 3.05) is 5.32 Å². The van der Waals surface area contributed by atoms with Gasteiger partial charge in [0.25, 0.3) is 5.91 Å². The monoisotopic (exact) mass is 286 g/mol. The maximum Gasteiger partial charge on any atom is 0.309 e. The Morgan fingerprint density at radius 2 is 2.00 bits per heavy atom. The minimum Gasteiger partial charge on any atom is -0.508 e. The summed E-state index contributed by atoms with van der Waals surface area (Å²) in [5, 5.41) is 20.9. The number of nitrogens with one attached hydrogen (secondary N) is 1. The smallest absolute Gasteiger partial charge is 0.309 e. The minimum absolute atomic E-state index is 0.0533. The van der Waals surface area contributed by atoms with E-state index in [-0.39, 0.29) is 18.1 Å². The quantitative estimate of drug-likeness (QED) is 0.798. The molecule has 0 saturated carbocycles. The number of carbonyl (C=O) groups is 2. The average Bonchev–Trinajstić information content (AvgIpc) is 2.43. The minimum atomic E-state index is -0.963. The normalized spacial score (nSPS) is 10.1. The van der Waals surface area contributed by atoms with E-state index in [9.17, 15) is 14.7 Å². The van der Waals surface area contributed by atoms with Crippen LogP contribution in [-0.4, -0.2) is 27.1 Å². The Hall–Kier alpha value is -2.89. The first-order valence-corrected chi connectivity index (χ1v) is 6.24. The molecule has 6 nitrogen and oxygen atoms in total. The Kier molecular flexibility index (Phi) is 4.18. The molecule has 1 aromatic carbocycles. The van der Waals surface area contributed by atoms with Crippen LogP contribution in [-0.2, 0) is 11.2 Å². The molecule has 0 aliphatic rings. The van der Waals surface area contributed by atoms with Crippen LogP contribution < -0.4 is 5.32 Å². The van der Waals surface area contributed by atoms with Crippen molar-refractivity contribution in [3.05, 3.63) is 53.3 Å². The van der Waals surface area contributed by atoms with Gasteiger partial charge in [0, 0.05) is 11.1 Å². The van der Waals surface area contributed by atoms with Crippen molar-refractivity contribution in [2.45, 2.75) is 13.3 Å². The standard InChI is InChI=1S/C15H14N2O4/c1-9-12(3-2-4-13(9)18)15(21)17-11-6-5-10(16-8-11)7-14(19)20/h2-6,8,18H,7H2,1H3,(H,17,21)(H,19,20). The fraction of sp³-hybridized carbons (Fsp3) is 0.133. The zero-order chi connectivity index (χ0) is 15.4. The summed E-state index contributed by atoms with van der Waals surface area (Å²) in [5.41, 5.74) is 1.72. The van der Waals surface area contributed by atoms with Crippen molar-refractivity contribution in [3.8, 4) is 5.75 Å². The number of aliphatic carboxylic acids is 1. The van der Waals surface area contributed by atoms with Gasteiger partial charge in [-0.15, -0.1) is 0 Å². The molecule has 108 valence electrons. The lowest BCUT2D eigenvalue weighted by atomic mass is 10.1. The lowest BCUT2D eigenvalue weighted by molar-refractivity contribution is -0.136. The highest BCUT2D eigenvalue weighted by atomic mass is 16.4. The molecule has 0 fully saturated rings. The van der Waals surface area contributed by atoms with E-state index < -0.39 is 5.97 Å². The van der Waals surface area contributed by atoms with Gasteiger partial charge < -0.3 is 15.5 Å². The van der Waals surface area contributed by atoms with E-state index in [2.05, 4.69) is 10.3 Å². The SMILES string of the molecule is Cc1c(O)cccc1C(=O)Nc1ccc(CC(=O)O)nc1. The second-order valence-corrected chi connectivity index (χ2v) is 4.51. The number of aromatic hydroxyl groups is 1. The summed E-state index contributed by atoms with van der Waals surface area (Å²) in [5.74, 6) is -1.27. The van der Waals surface area contributed by atoms with Crippen LogP contribution in [0.15, 0.2) is 36.5 Å². The molecular weight excluding hydrogens is 272 g/mol. The van der Waals surface area contributed by atoms with Crippen LogP contribution in [0.2, 0.25) is 0 Å². The van der Waals surface area contributed by atoms with Gasteiger partial charge in [0.2, 0.25) is 0 Å². The number of anilines is 1. The predicted molar refractivity (Wildman–Crippen MR) is 76.4 cm³/mol. The Morgan fingerprint density at radius 1 is 1.24 bits per heavy atom. The maximum atomic E-state index is 12.1. The Labute approximate surface area is 121 Å². The number of nitrogens with zero attached hydrogens (tertiary/aromatic N) is 1. The fourth-order valence-corrected chi connectivity index (χ4v) is 1.83. The van der Waals surface area contributed by atoms with Crippen molar-refractivity contribution < 1.29 is 19.8 Å². The first kappa shape index (κ1) is 14.5. The molecule has 1 aromatic heterocycles. The summed E-state index contributed by atoms with van der Waals surface area (Å²) in [6.45, 7) is 1.65. The molecule has 0 aliphatic carbocycles. The number of carboxylic acids is 1. The van der Waals surface area contributed by atoms with Crippen LogP contribution >= 0.6 is 0 Å². The molecule has 0 unspecified atom stereocenters. The number of carboxylic acid groups (broad SMARTS) is 1. The van der Waals surface area contributed by atoms with E-state index in [1.807, 2.05) is 0 Å². The highest BCUT2D eigenvalue weighted by Crippen LogP contribution is 2.20. The second-order valence-electron chi connectivity index (χ2n) is 4.51. The van der Waals surface area contributed by atoms with Crippen LogP contribution in [0.3, 0.4) is 0 Å². The van der Waals surface area contributed by atoms with Crippen molar-refractivity contribution in [1.29, 1.82) is 0 Å². The largest absolute Gasteiger partial charge is 0.508 e. The van der Waals surface area contributed by atoms with Crippen molar-refractivity contribution in [1.82, 2.24) is 4.98 Å². The molecule has 0 spiro atoms. The lowest BCUT2D eigenvalue weighted by Crippen LogP contribution is -2.13. The van der Waals surface area contributed by atoms with E-state index in [4.69, 9.17) is 5.11 Å². The van der Waals surface area contributed by atoms with Crippen molar-refractivity contribution >= 4 is 17.6 Å². The average molecular weight is 286 g/mol. The zero-order valence-corrected chi connectivity index (χ0v) is 11.3. The van der Waals surface area contributed by atoms with Gasteiger partial charge in [-0.2, -0.15) is 0 Å². The van der Waals surface area contributed by atoms with Crippen LogP contribution in [0.1, 0.15) is 21.6 Å². The fourth-order valence-electron chi connectivity index (χ4n) is 1.83. The Balaban J connectivity index is 2.12. The van der Waals surface area contributed by atoms with E-state index in [0.29, 0.717) is 22.5 Å². The van der Waals surface area contributed by atoms with Crippen LogP contribution in [0.5, 0.6) is 5.75 Å². The molecular formula is C15H14N2O4. The van der Waals surface area contributed by atoms with E-state index >= 15 is 0 Å². The number of phenolic OH excluding ortho intramolecular Hbond substituents is 1. The lowest BCUT2D eigenvalue weighted by Gasteiger charge is -2.08. The molecule has 0 saturated heterocycles. The zero-order valence-electron chi connectivity index (χ0n) is 11.3. The molecule has 2 aromatic rings. The highest BCUT2D eigenvalue weighted by Gasteiger charge is 2.12. The number of carbonyl (C=O) groups excluding carboxylic acids is 1.